The van der Waals surface area contributed by atoms with Crippen molar-refractivity contribution in [1.29, 1.82) is 0 Å². The summed E-state index contributed by atoms with van der Waals surface area (Å²) in [6, 6.07) is 0. The van der Waals surface area contributed by atoms with E-state index in [1.54, 1.807) is 0 Å². The summed E-state index contributed by atoms with van der Waals surface area (Å²) in [5, 5.41) is 0. The summed E-state index contributed by atoms with van der Waals surface area (Å²) >= 11 is 0. The van der Waals surface area contributed by atoms with Gasteiger partial charge in [-0.05, 0) is 30.9 Å². The van der Waals surface area contributed by atoms with Crippen LogP contribution in [0.15, 0.2) is 29.5 Å². The number of hydrogen-bond donors (Lipinski definition) is 0. The maximum Gasteiger partial charge on any atom is -0.00978 e. The highest BCUT2D eigenvalue weighted by molar-refractivity contribution is 5.16. The molecule has 0 spiro atoms. The third-order valence-electron chi connectivity index (χ3n) is 1.57. The van der Waals surface area contributed by atoms with Gasteiger partial charge >= 0.3 is 0 Å². The Hall–Kier alpha value is -0.740. The Labute approximate surface area is 64.0 Å². The molecule has 0 saturated heterocycles. The molecule has 0 aromatic carbocycles. The van der Waals surface area contributed by atoms with Gasteiger partial charge in [0.15, 0.2) is 0 Å². The van der Waals surface area contributed by atoms with Crippen molar-refractivity contribution in [2.75, 3.05) is 0 Å². The molecule has 0 aliphatic heterocycles. The third-order valence-corrected chi connectivity index (χ3v) is 1.57. The predicted molar refractivity (Wildman–Crippen MR) is 46.9 cm³/mol. The van der Waals surface area contributed by atoms with Crippen LogP contribution in [0.25, 0.3) is 0 Å². The normalized spacial score (nSPS) is 8.90. The third kappa shape index (κ3) is 3.32. The fourth-order valence-corrected chi connectivity index (χ4v) is 0.506. The molecule has 0 rings (SSSR count). The molecule has 0 nitrogen and oxygen atoms in total. The second kappa shape index (κ2) is 4.14. The standard InChI is InChI=1S/C10H16/c1-6-9(4)7-10(5)8(2)3/h6,8H,1H2,2-5H3. The lowest BCUT2D eigenvalue weighted by Gasteiger charge is -1.99. The lowest BCUT2D eigenvalue weighted by molar-refractivity contribution is 0.771. The van der Waals surface area contributed by atoms with Crippen LogP contribution in [0.2, 0.25) is 0 Å². The lowest BCUT2D eigenvalue weighted by Crippen LogP contribution is -1.85. The monoisotopic (exact) mass is 136 g/mol. The van der Waals surface area contributed by atoms with Crippen molar-refractivity contribution in [3.63, 3.8) is 0 Å². The van der Waals surface area contributed by atoms with Crippen LogP contribution in [-0.2, 0) is 0 Å². The summed E-state index contributed by atoms with van der Waals surface area (Å²) in [5.74, 6) is 0.592. The smallest absolute Gasteiger partial charge is 0.00978 e. The summed E-state index contributed by atoms with van der Waals surface area (Å²) in [5.41, 5.74) is 5.65. The van der Waals surface area contributed by atoms with Crippen LogP contribution in [0.1, 0.15) is 27.7 Å². The van der Waals surface area contributed by atoms with E-state index in [1.807, 2.05) is 13.0 Å². The Balaban J connectivity index is 4.56. The molecule has 0 heteroatoms. The van der Waals surface area contributed by atoms with Gasteiger partial charge in [0.1, 0.15) is 0 Å². The fraction of sp³-hybridized carbons (Fsp3) is 0.500. The van der Waals surface area contributed by atoms with Crippen LogP contribution in [-0.4, -0.2) is 0 Å². The SMILES string of the molecule is C=CC(C)=C=C(C)C(C)C. The number of rotatable bonds is 2. The molecule has 10 heavy (non-hydrogen) atoms. The Bertz CT molecular complexity index is 176. The molecule has 0 aliphatic carbocycles. The second-order valence-electron chi connectivity index (χ2n) is 2.85. The van der Waals surface area contributed by atoms with E-state index in [9.17, 15) is 0 Å². The van der Waals surface area contributed by atoms with Crippen LogP contribution >= 0.6 is 0 Å². The molecule has 0 radical (unpaired) electrons. The zero-order valence-electron chi connectivity index (χ0n) is 7.36. The van der Waals surface area contributed by atoms with Crippen molar-refractivity contribution in [2.24, 2.45) is 5.92 Å². The number of hydrogen-bond acceptors (Lipinski definition) is 0. The minimum Gasteiger partial charge on any atom is -0.119 e. The van der Waals surface area contributed by atoms with Gasteiger partial charge in [0, 0.05) is 0 Å². The average Bonchev–Trinajstić information content (AvgIpc) is 1.87. The van der Waals surface area contributed by atoms with Gasteiger partial charge in [0.2, 0.25) is 0 Å². The zero-order valence-corrected chi connectivity index (χ0v) is 7.36. The van der Waals surface area contributed by atoms with Crippen LogP contribution in [0.4, 0.5) is 0 Å². The summed E-state index contributed by atoms with van der Waals surface area (Å²) in [7, 11) is 0. The van der Waals surface area contributed by atoms with Gasteiger partial charge in [-0.3, -0.25) is 0 Å². The minimum absolute atomic E-state index is 0.592. The van der Waals surface area contributed by atoms with E-state index in [2.05, 4.69) is 33.1 Å². The molecule has 0 atom stereocenters. The van der Waals surface area contributed by atoms with Crippen LogP contribution in [0, 0.1) is 5.92 Å². The molecule has 0 bridgehead atoms. The van der Waals surface area contributed by atoms with Gasteiger partial charge < -0.3 is 0 Å². The minimum atomic E-state index is 0.592. The van der Waals surface area contributed by atoms with Crippen molar-refractivity contribution in [1.82, 2.24) is 0 Å². The first-order valence-electron chi connectivity index (χ1n) is 3.64. The van der Waals surface area contributed by atoms with Crippen molar-refractivity contribution >= 4 is 0 Å². The fourth-order valence-electron chi connectivity index (χ4n) is 0.506. The van der Waals surface area contributed by atoms with E-state index in [0.29, 0.717) is 5.92 Å². The highest BCUT2D eigenvalue weighted by Gasteiger charge is 1.92. The molecule has 0 aromatic heterocycles. The van der Waals surface area contributed by atoms with Gasteiger partial charge in [-0.15, -0.1) is 5.73 Å². The Kier molecular flexibility index (Phi) is 3.83. The van der Waals surface area contributed by atoms with E-state index < -0.39 is 0 Å². The Morgan fingerprint density at radius 2 is 1.90 bits per heavy atom. The van der Waals surface area contributed by atoms with Crippen LogP contribution in [0.3, 0.4) is 0 Å². The van der Waals surface area contributed by atoms with E-state index >= 15 is 0 Å². The van der Waals surface area contributed by atoms with Crippen molar-refractivity contribution in [3.8, 4) is 0 Å². The van der Waals surface area contributed by atoms with Crippen molar-refractivity contribution in [3.05, 3.63) is 29.5 Å². The number of allylic oxidation sites excluding steroid dienone is 2. The van der Waals surface area contributed by atoms with Gasteiger partial charge in [-0.1, -0.05) is 26.5 Å². The molecule has 0 aromatic rings. The Morgan fingerprint density at radius 1 is 1.40 bits per heavy atom. The van der Waals surface area contributed by atoms with E-state index in [4.69, 9.17) is 0 Å². The first kappa shape index (κ1) is 9.26. The van der Waals surface area contributed by atoms with Gasteiger partial charge in [0.25, 0.3) is 0 Å². The van der Waals surface area contributed by atoms with Gasteiger partial charge in [0.05, 0.1) is 0 Å². The first-order valence-corrected chi connectivity index (χ1v) is 3.64. The molecule has 0 aliphatic rings. The van der Waals surface area contributed by atoms with Crippen LogP contribution in [0.5, 0.6) is 0 Å². The summed E-state index contributed by atoms with van der Waals surface area (Å²) in [6.45, 7) is 12.1. The maximum absolute atomic E-state index is 3.66. The van der Waals surface area contributed by atoms with Gasteiger partial charge in [-0.25, -0.2) is 0 Å². The molecule has 0 N–H and O–H groups in total. The average molecular weight is 136 g/mol. The van der Waals surface area contributed by atoms with E-state index in [1.165, 1.54) is 5.57 Å². The molecule has 0 saturated carbocycles. The summed E-state index contributed by atoms with van der Waals surface area (Å²) in [4.78, 5) is 0. The molecule has 56 valence electrons. The first-order chi connectivity index (χ1) is 4.57. The molecule has 0 fully saturated rings. The van der Waals surface area contributed by atoms with Crippen molar-refractivity contribution < 1.29 is 0 Å². The molecular weight excluding hydrogens is 120 g/mol. The zero-order chi connectivity index (χ0) is 8.15. The van der Waals surface area contributed by atoms with E-state index in [0.717, 1.165) is 5.57 Å². The molecule has 0 amide bonds. The molecule has 0 unspecified atom stereocenters. The predicted octanol–water partition coefficient (Wildman–Crippen LogP) is 3.32. The molecule has 0 heterocycles. The lowest BCUT2D eigenvalue weighted by atomic mass is 10.1. The topological polar surface area (TPSA) is 0 Å². The largest absolute Gasteiger partial charge is 0.119 e. The second-order valence-corrected chi connectivity index (χ2v) is 2.85. The maximum atomic E-state index is 3.66. The van der Waals surface area contributed by atoms with E-state index in [-0.39, 0.29) is 0 Å². The van der Waals surface area contributed by atoms with Crippen molar-refractivity contribution in [2.45, 2.75) is 27.7 Å². The highest BCUT2D eigenvalue weighted by Crippen LogP contribution is 2.06. The quantitative estimate of drug-likeness (QED) is 0.403. The summed E-state index contributed by atoms with van der Waals surface area (Å²) in [6.07, 6.45) is 1.83. The summed E-state index contributed by atoms with van der Waals surface area (Å²) < 4.78 is 0. The van der Waals surface area contributed by atoms with Gasteiger partial charge in [-0.2, -0.15) is 0 Å². The Morgan fingerprint density at radius 3 is 2.20 bits per heavy atom. The van der Waals surface area contributed by atoms with Crippen LogP contribution < -0.4 is 0 Å². The highest BCUT2D eigenvalue weighted by atomic mass is 14.0. The molecular formula is C10H16.